The topological polar surface area (TPSA) is 12.0 Å². The van der Waals surface area contributed by atoms with Crippen LogP contribution in [0.5, 0.6) is 0 Å². The van der Waals surface area contributed by atoms with E-state index in [1.54, 1.807) is 0 Å². The van der Waals surface area contributed by atoms with Crippen molar-refractivity contribution in [3.8, 4) is 11.8 Å². The molecule has 1 aliphatic rings. The molecule has 92 valence electrons. The summed E-state index contributed by atoms with van der Waals surface area (Å²) in [6.07, 6.45) is 3.20. The predicted molar refractivity (Wildman–Crippen MR) is 62.4 cm³/mol. The van der Waals surface area contributed by atoms with Gasteiger partial charge in [-0.25, -0.2) is 8.78 Å². The SMILES string of the molecule is CC#CCCC(NC)C1CCC(F)(F)CC1. The Kier molecular flexibility index (Phi) is 5.21. The molecule has 0 aliphatic heterocycles. The van der Waals surface area contributed by atoms with Crippen LogP contribution in [0.25, 0.3) is 0 Å². The first kappa shape index (κ1) is 13.4. The molecule has 16 heavy (non-hydrogen) atoms. The van der Waals surface area contributed by atoms with Crippen LogP contribution in [-0.2, 0) is 0 Å². The molecule has 0 aromatic heterocycles. The van der Waals surface area contributed by atoms with Crippen LogP contribution >= 0.6 is 0 Å². The van der Waals surface area contributed by atoms with Crippen molar-refractivity contribution in [3.05, 3.63) is 0 Å². The van der Waals surface area contributed by atoms with Gasteiger partial charge in [-0.1, -0.05) is 0 Å². The molecule has 1 saturated carbocycles. The summed E-state index contributed by atoms with van der Waals surface area (Å²) in [7, 11) is 1.91. The first-order chi connectivity index (χ1) is 7.59. The Balaban J connectivity index is 2.38. The van der Waals surface area contributed by atoms with E-state index in [4.69, 9.17) is 0 Å². The Morgan fingerprint density at radius 1 is 1.38 bits per heavy atom. The van der Waals surface area contributed by atoms with E-state index in [0.717, 1.165) is 12.8 Å². The van der Waals surface area contributed by atoms with E-state index in [9.17, 15) is 8.78 Å². The summed E-state index contributed by atoms with van der Waals surface area (Å²) in [5, 5.41) is 3.25. The first-order valence-corrected chi connectivity index (χ1v) is 6.04. The van der Waals surface area contributed by atoms with Crippen LogP contribution < -0.4 is 5.32 Å². The fraction of sp³-hybridized carbons (Fsp3) is 0.846. The summed E-state index contributed by atoms with van der Waals surface area (Å²) in [6, 6.07) is 0.344. The minimum atomic E-state index is -2.42. The van der Waals surface area contributed by atoms with Gasteiger partial charge in [-0.3, -0.25) is 0 Å². The minimum absolute atomic E-state index is 0.0509. The molecule has 1 aliphatic carbocycles. The highest BCUT2D eigenvalue weighted by molar-refractivity contribution is 4.96. The van der Waals surface area contributed by atoms with Crippen molar-refractivity contribution >= 4 is 0 Å². The summed E-state index contributed by atoms with van der Waals surface area (Å²) in [4.78, 5) is 0. The number of alkyl halides is 2. The second-order valence-corrected chi connectivity index (χ2v) is 4.55. The third-order valence-corrected chi connectivity index (χ3v) is 3.46. The number of rotatable bonds is 4. The average Bonchev–Trinajstić information content (AvgIpc) is 2.25. The van der Waals surface area contributed by atoms with Crippen molar-refractivity contribution in [2.75, 3.05) is 7.05 Å². The number of hydrogen-bond donors (Lipinski definition) is 1. The maximum Gasteiger partial charge on any atom is 0.248 e. The van der Waals surface area contributed by atoms with Crippen LogP contribution in [0, 0.1) is 17.8 Å². The van der Waals surface area contributed by atoms with Gasteiger partial charge in [0, 0.05) is 25.3 Å². The van der Waals surface area contributed by atoms with Crippen LogP contribution in [-0.4, -0.2) is 19.0 Å². The lowest BCUT2D eigenvalue weighted by Gasteiger charge is -2.33. The van der Waals surface area contributed by atoms with Gasteiger partial charge in [-0.2, -0.15) is 0 Å². The van der Waals surface area contributed by atoms with Gasteiger partial charge in [0.15, 0.2) is 0 Å². The normalized spacial score (nSPS) is 22.2. The van der Waals surface area contributed by atoms with Crippen LogP contribution in [0.1, 0.15) is 45.4 Å². The van der Waals surface area contributed by atoms with Crippen molar-refractivity contribution < 1.29 is 8.78 Å². The third kappa shape index (κ3) is 4.09. The Morgan fingerprint density at radius 3 is 2.50 bits per heavy atom. The van der Waals surface area contributed by atoms with E-state index in [-0.39, 0.29) is 12.8 Å². The molecule has 1 fully saturated rings. The first-order valence-electron chi connectivity index (χ1n) is 6.04. The maximum atomic E-state index is 13.0. The Labute approximate surface area is 97.0 Å². The van der Waals surface area contributed by atoms with E-state index in [2.05, 4.69) is 17.2 Å². The van der Waals surface area contributed by atoms with Crippen molar-refractivity contribution in [2.24, 2.45) is 5.92 Å². The molecule has 0 saturated heterocycles. The fourth-order valence-corrected chi connectivity index (χ4v) is 2.43. The van der Waals surface area contributed by atoms with Crippen LogP contribution in [0.3, 0.4) is 0 Å². The van der Waals surface area contributed by atoms with E-state index in [1.165, 1.54) is 0 Å². The highest BCUT2D eigenvalue weighted by atomic mass is 19.3. The van der Waals surface area contributed by atoms with Crippen molar-refractivity contribution in [2.45, 2.75) is 57.4 Å². The van der Waals surface area contributed by atoms with Crippen LogP contribution in [0.15, 0.2) is 0 Å². The van der Waals surface area contributed by atoms with Gasteiger partial charge in [-0.15, -0.1) is 11.8 Å². The summed E-state index contributed by atoms with van der Waals surface area (Å²) in [5.74, 6) is 3.87. The lowest BCUT2D eigenvalue weighted by molar-refractivity contribution is -0.0495. The van der Waals surface area contributed by atoms with E-state index >= 15 is 0 Å². The van der Waals surface area contributed by atoms with E-state index in [1.807, 2.05) is 14.0 Å². The molecule has 1 N–H and O–H groups in total. The highest BCUT2D eigenvalue weighted by Crippen LogP contribution is 2.38. The molecule has 3 heteroatoms. The largest absolute Gasteiger partial charge is 0.317 e. The second kappa shape index (κ2) is 6.20. The molecule has 0 bridgehead atoms. The average molecular weight is 229 g/mol. The zero-order valence-corrected chi connectivity index (χ0v) is 10.2. The van der Waals surface area contributed by atoms with Gasteiger partial charge in [0.1, 0.15) is 0 Å². The summed E-state index contributed by atoms with van der Waals surface area (Å²) >= 11 is 0. The molecule has 0 spiro atoms. The zero-order valence-electron chi connectivity index (χ0n) is 10.2. The smallest absolute Gasteiger partial charge is 0.248 e. The van der Waals surface area contributed by atoms with Gasteiger partial charge >= 0.3 is 0 Å². The van der Waals surface area contributed by atoms with Crippen molar-refractivity contribution in [1.82, 2.24) is 5.32 Å². The van der Waals surface area contributed by atoms with Crippen molar-refractivity contribution in [1.29, 1.82) is 0 Å². The number of nitrogens with one attached hydrogen (secondary N) is 1. The van der Waals surface area contributed by atoms with Crippen molar-refractivity contribution in [3.63, 3.8) is 0 Å². The second-order valence-electron chi connectivity index (χ2n) is 4.55. The minimum Gasteiger partial charge on any atom is -0.317 e. The molecule has 1 unspecified atom stereocenters. The molecule has 0 amide bonds. The lowest BCUT2D eigenvalue weighted by atomic mass is 9.80. The lowest BCUT2D eigenvalue weighted by Crippen LogP contribution is -2.38. The van der Waals surface area contributed by atoms with Crippen LogP contribution in [0.4, 0.5) is 8.78 Å². The van der Waals surface area contributed by atoms with Gasteiger partial charge in [-0.05, 0) is 39.2 Å². The van der Waals surface area contributed by atoms with Gasteiger partial charge in [0.2, 0.25) is 5.92 Å². The third-order valence-electron chi connectivity index (χ3n) is 3.46. The Bertz CT molecular complexity index is 255. The summed E-state index contributed by atoms with van der Waals surface area (Å²) in [6.45, 7) is 1.83. The van der Waals surface area contributed by atoms with Gasteiger partial charge in [0.05, 0.1) is 0 Å². The highest BCUT2D eigenvalue weighted by Gasteiger charge is 2.36. The molecule has 0 aromatic carbocycles. The molecule has 1 atom stereocenters. The maximum absolute atomic E-state index is 13.0. The van der Waals surface area contributed by atoms with Gasteiger partial charge in [0.25, 0.3) is 0 Å². The Morgan fingerprint density at radius 2 is 2.00 bits per heavy atom. The molecule has 0 heterocycles. The monoisotopic (exact) mass is 229 g/mol. The molecule has 1 nitrogen and oxygen atoms in total. The quantitative estimate of drug-likeness (QED) is 0.730. The number of halogens is 2. The van der Waals surface area contributed by atoms with E-state index < -0.39 is 5.92 Å². The zero-order chi connectivity index (χ0) is 12.0. The standard InChI is InChI=1S/C13H21F2N/c1-3-4-5-6-12(16-2)11-7-9-13(14,15)10-8-11/h11-12,16H,5-10H2,1-2H3. The van der Waals surface area contributed by atoms with E-state index in [0.29, 0.717) is 24.8 Å². The predicted octanol–water partition coefficient (Wildman–Crippen LogP) is 3.20. The molecular weight excluding hydrogens is 208 g/mol. The Hall–Kier alpha value is -0.620. The summed E-state index contributed by atoms with van der Waals surface area (Å²) < 4.78 is 26.0. The summed E-state index contributed by atoms with van der Waals surface area (Å²) in [5.41, 5.74) is 0. The molecule has 0 radical (unpaired) electrons. The fourth-order valence-electron chi connectivity index (χ4n) is 2.43. The van der Waals surface area contributed by atoms with Crippen LogP contribution in [0.2, 0.25) is 0 Å². The number of hydrogen-bond acceptors (Lipinski definition) is 1. The van der Waals surface area contributed by atoms with Gasteiger partial charge < -0.3 is 5.32 Å². The molecule has 1 rings (SSSR count). The molecular formula is C13H21F2N. The molecule has 0 aromatic rings.